The largest absolute Gasteiger partial charge is 0.481 e. The van der Waals surface area contributed by atoms with Crippen LogP contribution in [0.25, 0.3) is 21.8 Å². The smallest absolute Gasteiger partial charge is 0.341 e. The molecule has 2 heterocycles. The van der Waals surface area contributed by atoms with Crippen molar-refractivity contribution in [2.75, 3.05) is 13.2 Å². The second-order valence-corrected chi connectivity index (χ2v) is 10.2. The molecule has 0 aliphatic rings. The SMILES string of the molecule is C.C.Cc1c(C(=O)C(N)=O)c2c(OCC(=O)O)cccc2n1CSCn1c(C)c(C(=O)C(N)=O)c2c(OCC(=O)O)cccc21. The van der Waals surface area contributed by atoms with E-state index in [0.717, 1.165) is 0 Å². The van der Waals surface area contributed by atoms with Crippen molar-refractivity contribution in [3.05, 3.63) is 58.9 Å². The van der Waals surface area contributed by atoms with E-state index in [2.05, 4.69) is 0 Å². The number of carbonyl (C=O) groups is 6. The van der Waals surface area contributed by atoms with Gasteiger partial charge in [0.05, 0.1) is 44.7 Å². The van der Waals surface area contributed by atoms with Gasteiger partial charge >= 0.3 is 11.9 Å². The van der Waals surface area contributed by atoms with E-state index in [1.165, 1.54) is 23.9 Å². The van der Waals surface area contributed by atoms with Gasteiger partial charge in [0.25, 0.3) is 23.4 Å². The number of hydrogen-bond donors (Lipinski definition) is 4. The minimum Gasteiger partial charge on any atom is -0.481 e. The lowest BCUT2D eigenvalue weighted by molar-refractivity contribution is -0.140. The summed E-state index contributed by atoms with van der Waals surface area (Å²) in [5.74, 6) is -6.16. The molecule has 45 heavy (non-hydrogen) atoms. The summed E-state index contributed by atoms with van der Waals surface area (Å²) in [6, 6.07) is 9.55. The lowest BCUT2D eigenvalue weighted by atomic mass is 10.1. The fourth-order valence-electron chi connectivity index (χ4n) is 4.86. The molecule has 0 aliphatic heterocycles. The summed E-state index contributed by atoms with van der Waals surface area (Å²) in [6.45, 7) is 1.88. The van der Waals surface area contributed by atoms with Gasteiger partial charge in [0, 0.05) is 11.4 Å². The number of carboxylic acids is 2. The van der Waals surface area contributed by atoms with Crippen molar-refractivity contribution in [3.8, 4) is 11.5 Å². The molecule has 0 bridgehead atoms. The molecule has 15 heteroatoms. The van der Waals surface area contributed by atoms with Crippen molar-refractivity contribution < 1.29 is 48.5 Å². The topological polar surface area (TPSA) is 223 Å². The number of carbonyl (C=O) groups excluding carboxylic acids is 4. The molecule has 14 nitrogen and oxygen atoms in total. The molecule has 0 atom stereocenters. The molecular formula is C30H34N4O10S. The zero-order chi connectivity index (χ0) is 31.6. The number of rotatable bonds is 14. The van der Waals surface area contributed by atoms with E-state index in [9.17, 15) is 28.8 Å². The monoisotopic (exact) mass is 642 g/mol. The van der Waals surface area contributed by atoms with Crippen molar-refractivity contribution in [2.24, 2.45) is 11.5 Å². The fourth-order valence-corrected chi connectivity index (χ4v) is 5.97. The van der Waals surface area contributed by atoms with E-state index >= 15 is 0 Å². The summed E-state index contributed by atoms with van der Waals surface area (Å²) in [5, 5.41) is 18.6. The maximum absolute atomic E-state index is 12.8. The number of benzene rings is 2. The van der Waals surface area contributed by atoms with Crippen molar-refractivity contribution in [1.29, 1.82) is 0 Å². The normalized spacial score (nSPS) is 10.5. The third-order valence-electron chi connectivity index (χ3n) is 6.67. The van der Waals surface area contributed by atoms with Crippen LogP contribution < -0.4 is 20.9 Å². The van der Waals surface area contributed by atoms with Crippen LogP contribution in [0.1, 0.15) is 47.0 Å². The van der Waals surface area contributed by atoms with Crippen molar-refractivity contribution in [2.45, 2.75) is 40.5 Å². The number of ether oxygens (including phenoxy) is 2. The molecule has 2 amide bonds. The lowest BCUT2D eigenvalue weighted by Gasteiger charge is -2.12. The van der Waals surface area contributed by atoms with E-state index < -0.39 is 48.5 Å². The van der Waals surface area contributed by atoms with Gasteiger partial charge in [-0.2, -0.15) is 0 Å². The van der Waals surface area contributed by atoms with E-state index in [1.54, 1.807) is 47.2 Å². The Labute approximate surface area is 261 Å². The molecule has 0 saturated carbocycles. The molecule has 240 valence electrons. The van der Waals surface area contributed by atoms with Gasteiger partial charge in [-0.15, -0.1) is 11.8 Å². The average molecular weight is 643 g/mol. The first-order chi connectivity index (χ1) is 20.3. The predicted octanol–water partition coefficient (Wildman–Crippen LogP) is 3.10. The highest BCUT2D eigenvalue weighted by Gasteiger charge is 2.28. The quantitative estimate of drug-likeness (QED) is 0.115. The van der Waals surface area contributed by atoms with E-state index in [0.29, 0.717) is 22.4 Å². The maximum atomic E-state index is 12.8. The second-order valence-electron chi connectivity index (χ2n) is 9.29. The van der Waals surface area contributed by atoms with Gasteiger partial charge in [0.1, 0.15) is 11.5 Å². The standard InChI is InChI=1S/C28H26N4O10S.2CH4/c1-13-21(25(37)27(29)39)23-15(5-3-7-17(23)41-9-19(33)34)31(13)11-43-12-32-14(2)22(26(38)28(30)40)24-16(32)6-4-8-18(24)42-10-20(35)36;;/h3-8H,9-12H2,1-2H3,(H2,29,39)(H2,30,40)(H,33,34)(H,35,36);2*1H4. The van der Waals surface area contributed by atoms with Crippen molar-refractivity contribution >= 4 is 68.9 Å². The molecule has 0 saturated heterocycles. The fraction of sp³-hybridized carbons (Fsp3) is 0.267. The Morgan fingerprint density at radius 1 is 0.689 bits per heavy atom. The molecule has 0 spiro atoms. The highest BCUT2D eigenvalue weighted by molar-refractivity contribution is 7.97. The first-order valence-corrected chi connectivity index (χ1v) is 13.7. The van der Waals surface area contributed by atoms with E-state index in [1.807, 2.05) is 0 Å². The lowest BCUT2D eigenvalue weighted by Crippen LogP contribution is -2.24. The number of primary amides is 2. The average Bonchev–Trinajstić information content (AvgIpc) is 3.40. The minimum atomic E-state index is -1.23. The maximum Gasteiger partial charge on any atom is 0.341 e. The van der Waals surface area contributed by atoms with Gasteiger partial charge in [0.15, 0.2) is 13.2 Å². The highest BCUT2D eigenvalue weighted by atomic mass is 32.2. The Morgan fingerprint density at radius 2 is 1.04 bits per heavy atom. The Bertz CT molecular complexity index is 1710. The van der Waals surface area contributed by atoms with E-state index in [4.69, 9.17) is 31.2 Å². The van der Waals surface area contributed by atoms with Crippen molar-refractivity contribution in [3.63, 3.8) is 0 Å². The molecule has 0 radical (unpaired) electrons. The molecule has 0 aliphatic carbocycles. The molecule has 6 N–H and O–H groups in total. The van der Waals surface area contributed by atoms with Crippen LogP contribution in [0.2, 0.25) is 0 Å². The highest BCUT2D eigenvalue weighted by Crippen LogP contribution is 2.37. The number of Topliss-reactive ketones (excluding diaryl/α,β-unsaturated/α-hetero) is 2. The number of nitrogens with zero attached hydrogens (tertiary/aromatic N) is 2. The van der Waals surface area contributed by atoms with Gasteiger partial charge in [-0.1, -0.05) is 27.0 Å². The van der Waals surface area contributed by atoms with Crippen LogP contribution in [0.15, 0.2) is 36.4 Å². The molecule has 4 rings (SSSR count). The first kappa shape index (κ1) is 35.9. The number of aliphatic carboxylic acids is 2. The van der Waals surface area contributed by atoms with E-state index in [-0.39, 0.29) is 60.0 Å². The number of thioether (sulfide) groups is 1. The third-order valence-corrected chi connectivity index (χ3v) is 7.55. The molecular weight excluding hydrogens is 608 g/mol. The summed E-state index contributed by atoms with van der Waals surface area (Å²) < 4.78 is 14.3. The van der Waals surface area contributed by atoms with Gasteiger partial charge in [-0.05, 0) is 38.1 Å². The van der Waals surface area contributed by atoms with Gasteiger partial charge in [-0.3, -0.25) is 19.2 Å². The van der Waals surface area contributed by atoms with Crippen LogP contribution in [-0.2, 0) is 30.9 Å². The summed E-state index contributed by atoms with van der Waals surface area (Å²) in [7, 11) is 0. The van der Waals surface area contributed by atoms with Gasteiger partial charge < -0.3 is 40.3 Å². The van der Waals surface area contributed by atoms with Crippen LogP contribution in [0, 0.1) is 13.8 Å². The number of hydrogen-bond acceptors (Lipinski definition) is 9. The first-order valence-electron chi connectivity index (χ1n) is 12.5. The van der Waals surface area contributed by atoms with Crippen LogP contribution in [-0.4, -0.2) is 67.9 Å². The van der Waals surface area contributed by atoms with Crippen LogP contribution in [0.3, 0.4) is 0 Å². The summed E-state index contributed by atoms with van der Waals surface area (Å²) in [5.41, 5.74) is 12.3. The number of carboxylic acid groups (broad SMARTS) is 2. The Morgan fingerprint density at radius 3 is 1.36 bits per heavy atom. The second kappa shape index (κ2) is 14.4. The third kappa shape index (κ3) is 6.93. The Hall–Kier alpha value is -5.31. The Balaban J connectivity index is 0.00000353. The van der Waals surface area contributed by atoms with Crippen molar-refractivity contribution in [1.82, 2.24) is 9.13 Å². The molecule has 2 aromatic carbocycles. The molecule has 2 aromatic heterocycles. The number of fused-ring (bicyclic) bond motifs is 2. The zero-order valence-corrected chi connectivity index (χ0v) is 23.7. The number of amides is 2. The van der Waals surface area contributed by atoms with Gasteiger partial charge in [0.2, 0.25) is 0 Å². The number of nitrogens with two attached hydrogens (primary N) is 2. The Kier molecular flexibility index (Phi) is 11.5. The summed E-state index contributed by atoms with van der Waals surface area (Å²) in [4.78, 5) is 71.6. The number of aromatic nitrogens is 2. The molecule has 0 unspecified atom stereocenters. The van der Waals surface area contributed by atoms with Gasteiger partial charge in [-0.25, -0.2) is 9.59 Å². The minimum absolute atomic E-state index is 0. The number of ketones is 2. The molecule has 4 aromatic rings. The summed E-state index contributed by atoms with van der Waals surface area (Å²) in [6.07, 6.45) is 0. The van der Waals surface area contributed by atoms with Crippen LogP contribution in [0.5, 0.6) is 11.5 Å². The van der Waals surface area contributed by atoms with Crippen LogP contribution in [0.4, 0.5) is 0 Å². The zero-order valence-electron chi connectivity index (χ0n) is 22.9. The molecule has 0 fully saturated rings. The van der Waals surface area contributed by atoms with Crippen LogP contribution >= 0.6 is 11.8 Å². The predicted molar refractivity (Wildman–Crippen MR) is 168 cm³/mol. The summed E-state index contributed by atoms with van der Waals surface area (Å²) >= 11 is 1.33.